The second-order valence-corrected chi connectivity index (χ2v) is 7.27. The van der Waals surface area contributed by atoms with Gasteiger partial charge in [0.15, 0.2) is 0 Å². The van der Waals surface area contributed by atoms with Crippen molar-refractivity contribution < 1.29 is 4.39 Å². The zero-order chi connectivity index (χ0) is 17.3. The largest absolute Gasteiger partial charge is 0.322 e. The van der Waals surface area contributed by atoms with Gasteiger partial charge in [0.2, 0.25) is 0 Å². The van der Waals surface area contributed by atoms with Gasteiger partial charge >= 0.3 is 0 Å². The summed E-state index contributed by atoms with van der Waals surface area (Å²) in [6.07, 6.45) is 4.96. The monoisotopic (exact) mass is 341 g/mol. The van der Waals surface area contributed by atoms with Crippen molar-refractivity contribution in [2.24, 2.45) is 0 Å². The van der Waals surface area contributed by atoms with Gasteiger partial charge in [0, 0.05) is 48.5 Å². The van der Waals surface area contributed by atoms with Gasteiger partial charge in [-0.25, -0.2) is 4.39 Å². The molecule has 2 fully saturated rings. The lowest BCUT2D eigenvalue weighted by molar-refractivity contribution is 0.0569. The van der Waals surface area contributed by atoms with E-state index in [0.717, 1.165) is 25.2 Å². The third-order valence-corrected chi connectivity index (χ3v) is 5.71. The van der Waals surface area contributed by atoms with Crippen LogP contribution in [0.2, 0.25) is 0 Å². The second kappa shape index (κ2) is 6.73. The minimum atomic E-state index is -0.300. The SMILES string of the molecule is O=c1[nH]c(-c2cccc(F)c2)ccc1CN1CCNCC12CCCC2. The Bertz CT molecular complexity index is 811. The molecule has 0 atom stereocenters. The van der Waals surface area contributed by atoms with Crippen LogP contribution in [0.25, 0.3) is 11.3 Å². The molecule has 2 aliphatic rings. The van der Waals surface area contributed by atoms with Gasteiger partial charge in [-0.05, 0) is 31.0 Å². The van der Waals surface area contributed by atoms with Crippen molar-refractivity contribution in [2.75, 3.05) is 19.6 Å². The summed E-state index contributed by atoms with van der Waals surface area (Å²) in [5.74, 6) is -0.300. The number of pyridine rings is 1. The van der Waals surface area contributed by atoms with E-state index in [2.05, 4.69) is 15.2 Å². The number of nitrogens with one attached hydrogen (secondary N) is 2. The number of piperazine rings is 1. The Hall–Kier alpha value is -1.98. The number of halogens is 1. The van der Waals surface area contributed by atoms with E-state index in [-0.39, 0.29) is 16.9 Å². The molecule has 2 heterocycles. The summed E-state index contributed by atoms with van der Waals surface area (Å²) < 4.78 is 13.4. The van der Waals surface area contributed by atoms with Gasteiger partial charge in [-0.15, -0.1) is 0 Å². The highest BCUT2D eigenvalue weighted by molar-refractivity contribution is 5.58. The summed E-state index contributed by atoms with van der Waals surface area (Å²) in [7, 11) is 0. The Labute approximate surface area is 147 Å². The molecular formula is C20H24FN3O. The summed E-state index contributed by atoms with van der Waals surface area (Å²) in [6, 6.07) is 10.1. The Morgan fingerprint density at radius 3 is 2.76 bits per heavy atom. The average Bonchev–Trinajstić information content (AvgIpc) is 3.08. The van der Waals surface area contributed by atoms with Crippen molar-refractivity contribution >= 4 is 0 Å². The number of nitrogens with zero attached hydrogens (tertiary/aromatic N) is 1. The molecule has 5 heteroatoms. The van der Waals surface area contributed by atoms with Gasteiger partial charge in [0.25, 0.3) is 5.56 Å². The molecule has 4 rings (SSSR count). The molecule has 1 aliphatic heterocycles. The van der Waals surface area contributed by atoms with Gasteiger partial charge in [-0.2, -0.15) is 0 Å². The van der Waals surface area contributed by atoms with Crippen molar-refractivity contribution in [3.63, 3.8) is 0 Å². The van der Waals surface area contributed by atoms with E-state index in [1.54, 1.807) is 12.1 Å². The fourth-order valence-electron chi connectivity index (χ4n) is 4.32. The number of H-pyrrole nitrogens is 1. The summed E-state index contributed by atoms with van der Waals surface area (Å²) in [6.45, 7) is 3.65. The quantitative estimate of drug-likeness (QED) is 0.902. The molecule has 1 spiro atoms. The van der Waals surface area contributed by atoms with Crippen molar-refractivity contribution in [1.82, 2.24) is 15.2 Å². The van der Waals surface area contributed by atoms with E-state index in [0.29, 0.717) is 17.8 Å². The van der Waals surface area contributed by atoms with Crippen LogP contribution >= 0.6 is 0 Å². The van der Waals surface area contributed by atoms with Gasteiger partial charge in [0.1, 0.15) is 5.82 Å². The normalized spacial score (nSPS) is 20.2. The lowest BCUT2D eigenvalue weighted by Gasteiger charge is -2.45. The van der Waals surface area contributed by atoms with Crippen LogP contribution in [0.4, 0.5) is 4.39 Å². The smallest absolute Gasteiger partial charge is 0.252 e. The van der Waals surface area contributed by atoms with E-state index in [4.69, 9.17) is 0 Å². The molecule has 0 amide bonds. The predicted molar refractivity (Wildman–Crippen MR) is 96.9 cm³/mol. The standard InChI is InChI=1S/C20H24FN3O/c21-17-5-3-4-15(12-17)18-7-6-16(19(25)23-18)13-24-11-10-22-14-20(24)8-1-2-9-20/h3-7,12,22H,1-2,8-11,13-14H2,(H,23,25). The van der Waals surface area contributed by atoms with Crippen molar-refractivity contribution in [3.8, 4) is 11.3 Å². The lowest BCUT2D eigenvalue weighted by atomic mass is 9.92. The summed E-state index contributed by atoms with van der Waals surface area (Å²) in [5, 5.41) is 3.52. The molecule has 1 saturated heterocycles. The fraction of sp³-hybridized carbons (Fsp3) is 0.450. The average molecular weight is 341 g/mol. The number of hydrogen-bond donors (Lipinski definition) is 2. The fourth-order valence-corrected chi connectivity index (χ4v) is 4.32. The summed E-state index contributed by atoms with van der Waals surface area (Å²) in [4.78, 5) is 18.0. The minimum absolute atomic E-state index is 0.0755. The second-order valence-electron chi connectivity index (χ2n) is 7.27. The Balaban J connectivity index is 1.58. The van der Waals surface area contributed by atoms with Crippen LogP contribution in [-0.2, 0) is 6.54 Å². The van der Waals surface area contributed by atoms with E-state index in [1.165, 1.54) is 37.8 Å². The number of aromatic amines is 1. The highest BCUT2D eigenvalue weighted by Gasteiger charge is 2.41. The van der Waals surface area contributed by atoms with Crippen molar-refractivity contribution in [1.29, 1.82) is 0 Å². The highest BCUT2D eigenvalue weighted by Crippen LogP contribution is 2.36. The zero-order valence-electron chi connectivity index (χ0n) is 14.4. The first kappa shape index (κ1) is 16.5. The zero-order valence-corrected chi connectivity index (χ0v) is 14.4. The summed E-state index contributed by atoms with van der Waals surface area (Å²) in [5.41, 5.74) is 2.27. The molecule has 1 aromatic heterocycles. The molecule has 25 heavy (non-hydrogen) atoms. The van der Waals surface area contributed by atoms with E-state index < -0.39 is 0 Å². The Kier molecular flexibility index (Phi) is 4.44. The molecule has 1 aliphatic carbocycles. The molecule has 0 radical (unpaired) electrons. The first-order valence-corrected chi connectivity index (χ1v) is 9.10. The molecule has 2 aromatic rings. The third-order valence-electron chi connectivity index (χ3n) is 5.71. The van der Waals surface area contributed by atoms with E-state index >= 15 is 0 Å². The van der Waals surface area contributed by atoms with Gasteiger partial charge in [-0.3, -0.25) is 9.69 Å². The minimum Gasteiger partial charge on any atom is -0.322 e. The molecule has 1 saturated carbocycles. The van der Waals surface area contributed by atoms with Crippen LogP contribution in [-0.4, -0.2) is 35.1 Å². The number of hydrogen-bond acceptors (Lipinski definition) is 3. The highest BCUT2D eigenvalue weighted by atomic mass is 19.1. The third kappa shape index (κ3) is 3.26. The van der Waals surface area contributed by atoms with Crippen LogP contribution in [0.15, 0.2) is 41.2 Å². The Morgan fingerprint density at radius 1 is 1.16 bits per heavy atom. The number of rotatable bonds is 3. The van der Waals surface area contributed by atoms with Crippen molar-refractivity contribution in [3.05, 3.63) is 58.1 Å². The van der Waals surface area contributed by atoms with Crippen LogP contribution in [0.1, 0.15) is 31.2 Å². The van der Waals surface area contributed by atoms with Crippen LogP contribution in [0.3, 0.4) is 0 Å². The topological polar surface area (TPSA) is 48.1 Å². The van der Waals surface area contributed by atoms with Crippen LogP contribution < -0.4 is 10.9 Å². The van der Waals surface area contributed by atoms with Crippen molar-refractivity contribution in [2.45, 2.75) is 37.8 Å². The Morgan fingerprint density at radius 2 is 2.00 bits per heavy atom. The maximum absolute atomic E-state index is 13.4. The molecule has 0 bridgehead atoms. The molecule has 0 unspecified atom stereocenters. The molecule has 132 valence electrons. The van der Waals surface area contributed by atoms with E-state index in [1.807, 2.05) is 12.1 Å². The molecular weight excluding hydrogens is 317 g/mol. The van der Waals surface area contributed by atoms with Gasteiger partial charge < -0.3 is 10.3 Å². The number of benzene rings is 1. The maximum Gasteiger partial charge on any atom is 0.252 e. The lowest BCUT2D eigenvalue weighted by Crippen LogP contribution is -2.59. The van der Waals surface area contributed by atoms with Crippen LogP contribution in [0.5, 0.6) is 0 Å². The summed E-state index contributed by atoms with van der Waals surface area (Å²) >= 11 is 0. The predicted octanol–water partition coefficient (Wildman–Crippen LogP) is 2.90. The van der Waals surface area contributed by atoms with Gasteiger partial charge in [-0.1, -0.05) is 31.0 Å². The van der Waals surface area contributed by atoms with Crippen LogP contribution in [0, 0.1) is 5.82 Å². The molecule has 4 nitrogen and oxygen atoms in total. The van der Waals surface area contributed by atoms with E-state index in [9.17, 15) is 9.18 Å². The molecule has 2 N–H and O–H groups in total. The first-order valence-electron chi connectivity index (χ1n) is 9.10. The van der Waals surface area contributed by atoms with Gasteiger partial charge in [0.05, 0.1) is 0 Å². The molecule has 1 aromatic carbocycles. The number of aromatic nitrogens is 1. The first-order chi connectivity index (χ1) is 12.2. The maximum atomic E-state index is 13.4.